The maximum Gasteiger partial charge on any atom is 0.416 e. The molecule has 1 aromatic heterocycles. The van der Waals surface area contributed by atoms with Gasteiger partial charge in [-0.25, -0.2) is 9.78 Å². The number of fused-ring (bicyclic) bond motifs is 1. The van der Waals surface area contributed by atoms with Crippen LogP contribution in [0.25, 0.3) is 17.0 Å². The zero-order valence-electron chi connectivity index (χ0n) is 20.9. The third kappa shape index (κ3) is 6.89. The van der Waals surface area contributed by atoms with Gasteiger partial charge in [-0.1, -0.05) is 24.3 Å². The van der Waals surface area contributed by atoms with E-state index >= 15 is 0 Å². The maximum absolute atomic E-state index is 12.7. The molecule has 1 fully saturated rings. The molecule has 0 radical (unpaired) electrons. The molecule has 0 spiro atoms. The highest BCUT2D eigenvalue weighted by Gasteiger charge is 2.30. The maximum atomic E-state index is 12.7. The number of benzene rings is 2. The number of carbonyl (C=O) groups is 1. The number of aliphatic hydroxyl groups excluding tert-OH is 1. The van der Waals surface area contributed by atoms with Crippen LogP contribution in [-0.4, -0.2) is 58.9 Å². The Bertz CT molecular complexity index is 1290. The van der Waals surface area contributed by atoms with Crippen molar-refractivity contribution in [2.24, 2.45) is 0 Å². The Morgan fingerprint density at radius 2 is 1.87 bits per heavy atom. The van der Waals surface area contributed by atoms with Gasteiger partial charge in [0.15, 0.2) is 0 Å². The molecule has 202 valence electrons. The van der Waals surface area contributed by atoms with E-state index in [0.29, 0.717) is 41.0 Å². The van der Waals surface area contributed by atoms with Gasteiger partial charge < -0.3 is 25.2 Å². The van der Waals surface area contributed by atoms with Crippen LogP contribution in [0.1, 0.15) is 41.2 Å². The number of halogens is 3. The number of likely N-dealkylation sites (tertiary alicyclic amines) is 1. The molecular weight excluding hydrogens is 499 g/mol. The van der Waals surface area contributed by atoms with E-state index in [0.717, 1.165) is 49.7 Å². The summed E-state index contributed by atoms with van der Waals surface area (Å²) in [6.07, 6.45) is -0.899. The van der Waals surface area contributed by atoms with Crippen LogP contribution in [-0.2, 0) is 17.5 Å². The Morgan fingerprint density at radius 1 is 1.16 bits per heavy atom. The van der Waals surface area contributed by atoms with Crippen molar-refractivity contribution in [3.63, 3.8) is 0 Å². The lowest BCUT2D eigenvalue weighted by atomic mass is 9.98. The number of ether oxygens (including phenoxy) is 1. The first-order valence-corrected chi connectivity index (χ1v) is 12.3. The SMILES string of the molecule is COc1ccc2c(/C=C/C(=O)O)ccc(C(O)CN3CCC(NCc4ccc(C(F)(F)F)cc4)CC3)c2n1. The first kappa shape index (κ1) is 27.6. The summed E-state index contributed by atoms with van der Waals surface area (Å²) in [5.74, 6) is -0.661. The lowest BCUT2D eigenvalue weighted by molar-refractivity contribution is -0.137. The topological polar surface area (TPSA) is 94.9 Å². The minimum absolute atomic E-state index is 0.234. The summed E-state index contributed by atoms with van der Waals surface area (Å²) in [5.41, 5.74) is 2.01. The van der Waals surface area contributed by atoms with Gasteiger partial charge in [0.25, 0.3) is 0 Å². The summed E-state index contributed by atoms with van der Waals surface area (Å²) >= 11 is 0. The Morgan fingerprint density at radius 3 is 2.50 bits per heavy atom. The van der Waals surface area contributed by atoms with E-state index in [9.17, 15) is 23.1 Å². The number of β-amino-alcohol motifs (C(OH)–C–C–N with tert-alkyl or cyclic N) is 1. The number of hydrogen-bond acceptors (Lipinski definition) is 6. The number of nitrogens with one attached hydrogen (secondary N) is 1. The second kappa shape index (κ2) is 11.9. The zero-order valence-corrected chi connectivity index (χ0v) is 20.9. The summed E-state index contributed by atoms with van der Waals surface area (Å²) < 4.78 is 43.5. The molecule has 1 aliphatic heterocycles. The monoisotopic (exact) mass is 529 g/mol. The van der Waals surface area contributed by atoms with Crippen molar-refractivity contribution >= 4 is 22.9 Å². The molecule has 1 atom stereocenters. The molecule has 0 saturated carbocycles. The van der Waals surface area contributed by atoms with Crippen LogP contribution in [0.3, 0.4) is 0 Å². The highest BCUT2D eigenvalue weighted by atomic mass is 19.4. The third-order valence-electron chi connectivity index (χ3n) is 6.77. The van der Waals surface area contributed by atoms with E-state index < -0.39 is 23.8 Å². The van der Waals surface area contributed by atoms with Crippen LogP contribution < -0.4 is 10.1 Å². The average molecular weight is 530 g/mol. The number of pyridine rings is 1. The number of carboxylic acids is 1. The fourth-order valence-electron chi connectivity index (χ4n) is 4.67. The number of aliphatic hydroxyl groups is 1. The molecule has 1 saturated heterocycles. The van der Waals surface area contributed by atoms with E-state index in [1.807, 2.05) is 0 Å². The smallest absolute Gasteiger partial charge is 0.416 e. The summed E-state index contributed by atoms with van der Waals surface area (Å²) in [6.45, 7) is 2.42. The van der Waals surface area contributed by atoms with E-state index in [1.54, 1.807) is 24.3 Å². The summed E-state index contributed by atoms with van der Waals surface area (Å²) in [6, 6.07) is 12.5. The van der Waals surface area contributed by atoms with Gasteiger partial charge in [-0.05, 0) is 61.3 Å². The molecule has 0 bridgehead atoms. The lowest BCUT2D eigenvalue weighted by Crippen LogP contribution is -2.43. The van der Waals surface area contributed by atoms with Gasteiger partial charge in [0.05, 0.1) is 24.3 Å². The fraction of sp³-hybridized carbons (Fsp3) is 0.357. The number of nitrogens with zero attached hydrogens (tertiary/aromatic N) is 2. The number of alkyl halides is 3. The summed E-state index contributed by atoms with van der Waals surface area (Å²) in [4.78, 5) is 17.7. The average Bonchev–Trinajstić information content (AvgIpc) is 2.90. The Labute approximate surface area is 218 Å². The molecule has 0 aliphatic carbocycles. The number of methoxy groups -OCH3 is 1. The summed E-state index contributed by atoms with van der Waals surface area (Å²) in [5, 5.41) is 24.2. The van der Waals surface area contributed by atoms with Crippen LogP contribution in [0.15, 0.2) is 54.6 Å². The van der Waals surface area contributed by atoms with Gasteiger partial charge in [0.2, 0.25) is 5.88 Å². The highest BCUT2D eigenvalue weighted by Crippen LogP contribution is 2.30. The zero-order chi connectivity index (χ0) is 27.3. The fourth-order valence-corrected chi connectivity index (χ4v) is 4.67. The van der Waals surface area contributed by atoms with Gasteiger partial charge in [-0.15, -0.1) is 0 Å². The van der Waals surface area contributed by atoms with Gasteiger partial charge >= 0.3 is 12.1 Å². The van der Waals surface area contributed by atoms with Gasteiger partial charge in [0, 0.05) is 42.2 Å². The standard InChI is InChI=1S/C28H30F3N3O4/c1-38-25-10-9-22-19(5-11-26(36)37)4-8-23(27(22)33-25)24(35)17-34-14-12-21(13-15-34)32-16-18-2-6-20(7-3-18)28(29,30)31/h2-11,21,24,32,35H,12-17H2,1H3,(H,36,37)/b11-5+. The molecule has 1 aliphatic rings. The second-order valence-corrected chi connectivity index (χ2v) is 9.33. The number of carboxylic acid groups (broad SMARTS) is 1. The van der Waals surface area contributed by atoms with Crippen LogP contribution in [0.5, 0.6) is 5.88 Å². The van der Waals surface area contributed by atoms with Crippen molar-refractivity contribution in [2.45, 2.75) is 37.7 Å². The highest BCUT2D eigenvalue weighted by molar-refractivity contribution is 5.94. The molecule has 3 N–H and O–H groups in total. The van der Waals surface area contributed by atoms with E-state index in [2.05, 4.69) is 15.2 Å². The summed E-state index contributed by atoms with van der Waals surface area (Å²) in [7, 11) is 1.51. The first-order chi connectivity index (χ1) is 18.1. The molecule has 0 amide bonds. The number of aromatic nitrogens is 1. The molecule has 2 heterocycles. The van der Waals surface area contributed by atoms with E-state index in [-0.39, 0.29) is 6.04 Å². The van der Waals surface area contributed by atoms with Crippen LogP contribution in [0.2, 0.25) is 0 Å². The predicted molar refractivity (Wildman–Crippen MR) is 138 cm³/mol. The molecule has 1 unspecified atom stereocenters. The lowest BCUT2D eigenvalue weighted by Gasteiger charge is -2.33. The normalized spacial score (nSPS) is 16.2. The first-order valence-electron chi connectivity index (χ1n) is 12.3. The minimum atomic E-state index is -4.34. The molecule has 2 aromatic carbocycles. The molecule has 4 rings (SSSR count). The number of rotatable bonds is 9. The quantitative estimate of drug-likeness (QED) is 0.348. The van der Waals surface area contributed by atoms with Crippen molar-refractivity contribution in [1.82, 2.24) is 15.2 Å². The molecule has 7 nitrogen and oxygen atoms in total. The van der Waals surface area contributed by atoms with Crippen molar-refractivity contribution in [3.8, 4) is 5.88 Å². The number of aliphatic carboxylic acids is 1. The Hall–Kier alpha value is -3.47. The third-order valence-corrected chi connectivity index (χ3v) is 6.77. The second-order valence-electron chi connectivity index (χ2n) is 9.33. The molecule has 10 heteroatoms. The van der Waals surface area contributed by atoms with Gasteiger partial charge in [-0.2, -0.15) is 13.2 Å². The molecular formula is C28H30F3N3O4. The van der Waals surface area contributed by atoms with Crippen molar-refractivity contribution in [2.75, 3.05) is 26.7 Å². The van der Waals surface area contributed by atoms with Crippen LogP contribution in [0.4, 0.5) is 13.2 Å². The van der Waals surface area contributed by atoms with E-state index in [1.165, 1.54) is 25.3 Å². The van der Waals surface area contributed by atoms with Crippen molar-refractivity contribution in [1.29, 1.82) is 0 Å². The Balaban J connectivity index is 1.36. The minimum Gasteiger partial charge on any atom is -0.481 e. The predicted octanol–water partition coefficient (Wildman–Crippen LogP) is 4.65. The number of hydrogen-bond donors (Lipinski definition) is 3. The van der Waals surface area contributed by atoms with E-state index in [4.69, 9.17) is 9.84 Å². The van der Waals surface area contributed by atoms with Crippen LogP contribution >= 0.6 is 0 Å². The Kier molecular flexibility index (Phi) is 8.65. The van der Waals surface area contributed by atoms with Crippen molar-refractivity contribution in [3.05, 3.63) is 76.9 Å². The largest absolute Gasteiger partial charge is 0.481 e. The van der Waals surface area contributed by atoms with Crippen molar-refractivity contribution < 1.29 is 32.9 Å². The van der Waals surface area contributed by atoms with Gasteiger partial charge in [0.1, 0.15) is 0 Å². The molecule has 3 aromatic rings. The van der Waals surface area contributed by atoms with Gasteiger partial charge in [-0.3, -0.25) is 0 Å². The number of piperidine rings is 1. The molecule has 38 heavy (non-hydrogen) atoms. The van der Waals surface area contributed by atoms with Crippen LogP contribution in [0, 0.1) is 0 Å².